The SMILES string of the molecule is CCOC=O.Cn1cc(N2CCNCC2=O)c2cc(F)c(OCc3ccccn3)nc21. The summed E-state index contributed by atoms with van der Waals surface area (Å²) in [6.07, 6.45) is 3.45. The van der Waals surface area contributed by atoms with Crippen molar-refractivity contribution in [3.8, 4) is 5.88 Å². The number of rotatable bonds is 6. The quantitative estimate of drug-likeness (QED) is 0.597. The van der Waals surface area contributed by atoms with Gasteiger partial charge in [0.25, 0.3) is 12.4 Å². The van der Waals surface area contributed by atoms with E-state index in [1.165, 1.54) is 6.07 Å². The molecule has 31 heavy (non-hydrogen) atoms. The van der Waals surface area contributed by atoms with Gasteiger partial charge in [-0.25, -0.2) is 4.39 Å². The molecule has 0 spiro atoms. The summed E-state index contributed by atoms with van der Waals surface area (Å²) >= 11 is 0. The molecule has 1 N–H and O–H groups in total. The first-order chi connectivity index (χ1) is 15.0. The monoisotopic (exact) mass is 429 g/mol. The van der Waals surface area contributed by atoms with Gasteiger partial charge in [0, 0.05) is 37.9 Å². The maximum absolute atomic E-state index is 14.5. The molecule has 1 saturated heterocycles. The lowest BCUT2D eigenvalue weighted by molar-refractivity contribution is -0.128. The van der Waals surface area contributed by atoms with Gasteiger partial charge in [-0.1, -0.05) is 6.07 Å². The van der Waals surface area contributed by atoms with Crippen molar-refractivity contribution in [1.82, 2.24) is 19.9 Å². The van der Waals surface area contributed by atoms with Crippen LogP contribution in [0.15, 0.2) is 36.7 Å². The Morgan fingerprint density at radius 3 is 2.84 bits per heavy atom. The summed E-state index contributed by atoms with van der Waals surface area (Å²) in [7, 11) is 1.81. The number of hydrogen-bond donors (Lipinski definition) is 1. The zero-order valence-electron chi connectivity index (χ0n) is 17.4. The fraction of sp³-hybridized carbons (Fsp3) is 0.333. The number of halogens is 1. The van der Waals surface area contributed by atoms with Crippen molar-refractivity contribution in [2.24, 2.45) is 7.05 Å². The molecule has 10 heteroatoms. The Morgan fingerprint density at radius 2 is 2.19 bits per heavy atom. The highest BCUT2D eigenvalue weighted by Crippen LogP contribution is 2.31. The van der Waals surface area contributed by atoms with E-state index in [2.05, 4.69) is 20.0 Å². The normalized spacial score (nSPS) is 13.5. The number of hydrogen-bond acceptors (Lipinski definition) is 7. The minimum atomic E-state index is -0.566. The highest BCUT2D eigenvalue weighted by molar-refractivity contribution is 6.04. The van der Waals surface area contributed by atoms with Crippen molar-refractivity contribution in [2.75, 3.05) is 31.1 Å². The minimum Gasteiger partial charge on any atom is -0.469 e. The van der Waals surface area contributed by atoms with Gasteiger partial charge in [-0.3, -0.25) is 14.6 Å². The second-order valence-corrected chi connectivity index (χ2v) is 6.66. The molecule has 0 radical (unpaired) electrons. The third-order valence-electron chi connectivity index (χ3n) is 4.55. The summed E-state index contributed by atoms with van der Waals surface area (Å²) in [4.78, 5) is 31.5. The number of piperazine rings is 1. The topological polar surface area (TPSA) is 98.6 Å². The lowest BCUT2D eigenvalue weighted by Gasteiger charge is -2.26. The molecule has 0 unspecified atom stereocenters. The average molecular weight is 429 g/mol. The zero-order valence-corrected chi connectivity index (χ0v) is 17.4. The van der Waals surface area contributed by atoms with Crippen LogP contribution >= 0.6 is 0 Å². The Balaban J connectivity index is 0.000000491. The fourth-order valence-electron chi connectivity index (χ4n) is 3.11. The lowest BCUT2D eigenvalue weighted by atomic mass is 10.2. The largest absolute Gasteiger partial charge is 0.469 e. The molecule has 0 atom stereocenters. The first-order valence-corrected chi connectivity index (χ1v) is 9.79. The number of nitrogens with zero attached hydrogens (tertiary/aromatic N) is 4. The highest BCUT2D eigenvalue weighted by Gasteiger charge is 2.24. The molecule has 0 aliphatic carbocycles. The van der Waals surface area contributed by atoms with E-state index in [4.69, 9.17) is 4.74 Å². The summed E-state index contributed by atoms with van der Waals surface area (Å²) in [5.74, 6) is -0.689. The molecular formula is C21H24FN5O4. The number of aromatic nitrogens is 3. The van der Waals surface area contributed by atoms with Crippen molar-refractivity contribution < 1.29 is 23.5 Å². The van der Waals surface area contributed by atoms with Crippen molar-refractivity contribution in [2.45, 2.75) is 13.5 Å². The molecule has 3 aromatic rings. The van der Waals surface area contributed by atoms with Crippen molar-refractivity contribution in [3.63, 3.8) is 0 Å². The van der Waals surface area contributed by atoms with Crippen molar-refractivity contribution in [1.29, 1.82) is 0 Å². The third-order valence-corrected chi connectivity index (χ3v) is 4.55. The van der Waals surface area contributed by atoms with Gasteiger partial charge in [0.05, 0.1) is 24.5 Å². The molecule has 0 saturated carbocycles. The predicted octanol–water partition coefficient (Wildman–Crippen LogP) is 1.80. The van der Waals surface area contributed by atoms with E-state index in [0.717, 1.165) is 0 Å². The van der Waals surface area contributed by atoms with E-state index in [-0.39, 0.29) is 24.9 Å². The number of aryl methyl sites for hydroxylation is 1. The number of pyridine rings is 2. The molecule has 3 aromatic heterocycles. The molecule has 0 bridgehead atoms. The van der Waals surface area contributed by atoms with E-state index < -0.39 is 5.82 Å². The van der Waals surface area contributed by atoms with Crippen LogP contribution in [-0.2, 0) is 28.0 Å². The van der Waals surface area contributed by atoms with Crippen LogP contribution in [-0.4, -0.2) is 53.2 Å². The number of ether oxygens (including phenoxy) is 2. The van der Waals surface area contributed by atoms with Gasteiger partial charge in [-0.15, -0.1) is 0 Å². The summed E-state index contributed by atoms with van der Waals surface area (Å²) < 4.78 is 26.0. The Hall–Kier alpha value is -3.53. The number of anilines is 1. The molecule has 164 valence electrons. The second-order valence-electron chi connectivity index (χ2n) is 6.66. The fourth-order valence-corrected chi connectivity index (χ4v) is 3.11. The first-order valence-electron chi connectivity index (χ1n) is 9.79. The van der Waals surface area contributed by atoms with Gasteiger partial charge in [-0.05, 0) is 25.1 Å². The van der Waals surface area contributed by atoms with E-state index >= 15 is 0 Å². The molecule has 0 aromatic carbocycles. The third kappa shape index (κ3) is 5.34. The van der Waals surface area contributed by atoms with Crippen LogP contribution in [0.1, 0.15) is 12.6 Å². The summed E-state index contributed by atoms with van der Waals surface area (Å²) in [6.45, 7) is 4.31. The van der Waals surface area contributed by atoms with E-state index in [9.17, 15) is 14.0 Å². The number of nitrogens with one attached hydrogen (secondary N) is 1. The Bertz CT molecular complexity index is 1040. The summed E-state index contributed by atoms with van der Waals surface area (Å²) in [5, 5.41) is 3.62. The summed E-state index contributed by atoms with van der Waals surface area (Å²) in [5.41, 5.74) is 1.91. The standard InChI is InChI=1S/C18H18FN5O2.C3H6O2/c1-23-10-15(24-7-6-20-9-16(24)25)13-8-14(19)18(22-17(13)23)26-11-12-4-2-3-5-21-12;1-2-5-3-4/h2-5,8,10,20H,6-7,9,11H2,1H3;3H,2H2,1H3. The first kappa shape index (κ1) is 22.2. The number of amides is 1. The predicted molar refractivity (Wildman–Crippen MR) is 112 cm³/mol. The van der Waals surface area contributed by atoms with Gasteiger partial charge < -0.3 is 24.3 Å². The Labute approximate surface area is 178 Å². The van der Waals surface area contributed by atoms with E-state index in [0.29, 0.717) is 48.6 Å². The molecule has 1 aliphatic heterocycles. The van der Waals surface area contributed by atoms with Crippen LogP contribution in [0.2, 0.25) is 0 Å². The molecule has 9 nitrogen and oxygen atoms in total. The molecule has 1 amide bonds. The average Bonchev–Trinajstić information content (AvgIpc) is 3.09. The number of carbonyl (C=O) groups is 2. The molecule has 4 heterocycles. The van der Waals surface area contributed by atoms with E-state index in [1.807, 2.05) is 13.1 Å². The minimum absolute atomic E-state index is 0.0420. The van der Waals surface area contributed by atoms with Crippen LogP contribution in [0, 0.1) is 5.82 Å². The van der Waals surface area contributed by atoms with Crippen molar-refractivity contribution in [3.05, 3.63) is 48.2 Å². The van der Waals surface area contributed by atoms with Crippen LogP contribution in [0.4, 0.5) is 10.1 Å². The zero-order chi connectivity index (χ0) is 22.2. The van der Waals surface area contributed by atoms with Gasteiger partial charge >= 0.3 is 0 Å². The van der Waals surface area contributed by atoms with Crippen molar-refractivity contribution >= 4 is 29.1 Å². The summed E-state index contributed by atoms with van der Waals surface area (Å²) in [6, 6.07) is 6.82. The van der Waals surface area contributed by atoms with Gasteiger partial charge in [0.1, 0.15) is 12.3 Å². The highest BCUT2D eigenvalue weighted by atomic mass is 19.1. The van der Waals surface area contributed by atoms with Gasteiger partial charge in [-0.2, -0.15) is 4.98 Å². The van der Waals surface area contributed by atoms with Crippen LogP contribution < -0.4 is 15.0 Å². The molecule has 1 fully saturated rings. The number of carbonyl (C=O) groups excluding carboxylic acids is 2. The van der Waals surface area contributed by atoms with Crippen LogP contribution in [0.25, 0.3) is 11.0 Å². The Kier molecular flexibility index (Phi) is 7.50. The molecule has 1 aliphatic rings. The second kappa shape index (κ2) is 10.5. The maximum atomic E-state index is 14.5. The van der Waals surface area contributed by atoms with Crippen LogP contribution in [0.3, 0.4) is 0 Å². The van der Waals surface area contributed by atoms with Gasteiger partial charge in [0.15, 0.2) is 5.82 Å². The Morgan fingerprint density at radius 1 is 1.35 bits per heavy atom. The number of fused-ring (bicyclic) bond motifs is 1. The van der Waals surface area contributed by atoms with Gasteiger partial charge in [0.2, 0.25) is 5.91 Å². The lowest BCUT2D eigenvalue weighted by Crippen LogP contribution is -2.48. The molecular weight excluding hydrogens is 405 g/mol. The molecule has 4 rings (SSSR count). The van der Waals surface area contributed by atoms with Crippen LogP contribution in [0.5, 0.6) is 5.88 Å². The smallest absolute Gasteiger partial charge is 0.293 e. The maximum Gasteiger partial charge on any atom is 0.293 e. The van der Waals surface area contributed by atoms with E-state index in [1.54, 1.807) is 40.9 Å².